The lowest BCUT2D eigenvalue weighted by molar-refractivity contribution is 0.0344. The van der Waals surface area contributed by atoms with E-state index in [1.807, 2.05) is 20.8 Å². The maximum atomic E-state index is 9.84. The van der Waals surface area contributed by atoms with Crippen molar-refractivity contribution in [2.75, 3.05) is 43.4 Å². The van der Waals surface area contributed by atoms with Crippen molar-refractivity contribution in [2.24, 2.45) is 0 Å². The molecule has 0 radical (unpaired) electrons. The molecule has 2 heterocycles. The van der Waals surface area contributed by atoms with E-state index in [2.05, 4.69) is 19.8 Å². The Hall–Kier alpha value is -1.40. The molecule has 3 N–H and O–H groups in total. The van der Waals surface area contributed by atoms with Crippen molar-refractivity contribution in [1.29, 1.82) is 0 Å². The lowest BCUT2D eigenvalue weighted by Crippen LogP contribution is -2.50. The van der Waals surface area contributed by atoms with Crippen LogP contribution in [-0.4, -0.2) is 58.3 Å². The normalized spacial score (nSPS) is 17.8. The van der Waals surface area contributed by atoms with Crippen molar-refractivity contribution in [2.45, 2.75) is 26.4 Å². The highest BCUT2D eigenvalue weighted by Gasteiger charge is 2.24. The molecule has 1 aromatic rings. The molecule has 1 aromatic heterocycles. The summed E-state index contributed by atoms with van der Waals surface area (Å²) in [7, 11) is 0. The number of rotatable bonds is 3. The lowest BCUT2D eigenvalue weighted by Gasteiger charge is -2.38. The molecular formula is C13H23N5O. The van der Waals surface area contributed by atoms with E-state index < -0.39 is 5.60 Å². The second-order valence-corrected chi connectivity index (χ2v) is 5.81. The molecule has 0 amide bonds. The fraction of sp³-hybridized carbons (Fsp3) is 0.692. The molecule has 1 saturated heterocycles. The Labute approximate surface area is 114 Å². The summed E-state index contributed by atoms with van der Waals surface area (Å²) in [6.07, 6.45) is 1.76. The molecular weight excluding hydrogens is 242 g/mol. The fourth-order valence-electron chi connectivity index (χ4n) is 2.43. The summed E-state index contributed by atoms with van der Waals surface area (Å²) in [5, 5.41) is 9.84. The van der Waals surface area contributed by atoms with Crippen LogP contribution in [0.25, 0.3) is 0 Å². The molecule has 0 spiro atoms. The minimum atomic E-state index is -0.641. The third kappa shape index (κ3) is 3.78. The minimum Gasteiger partial charge on any atom is -0.389 e. The van der Waals surface area contributed by atoms with Crippen molar-refractivity contribution >= 4 is 11.8 Å². The topological polar surface area (TPSA) is 78.5 Å². The van der Waals surface area contributed by atoms with Gasteiger partial charge in [-0.2, -0.15) is 4.98 Å². The van der Waals surface area contributed by atoms with Crippen molar-refractivity contribution in [3.8, 4) is 0 Å². The third-order valence-corrected chi connectivity index (χ3v) is 3.25. The van der Waals surface area contributed by atoms with Crippen molar-refractivity contribution < 1.29 is 5.11 Å². The number of nitrogens with zero attached hydrogens (tertiary/aromatic N) is 4. The molecule has 1 aliphatic heterocycles. The van der Waals surface area contributed by atoms with Gasteiger partial charge in [0.15, 0.2) is 0 Å². The first kappa shape index (κ1) is 14.0. The van der Waals surface area contributed by atoms with Gasteiger partial charge in [0.25, 0.3) is 0 Å². The number of aryl methyl sites for hydroxylation is 1. The van der Waals surface area contributed by atoms with Crippen LogP contribution in [0.15, 0.2) is 6.20 Å². The van der Waals surface area contributed by atoms with Crippen LogP contribution in [0.2, 0.25) is 0 Å². The zero-order valence-corrected chi connectivity index (χ0v) is 11.9. The van der Waals surface area contributed by atoms with Gasteiger partial charge in [0.2, 0.25) is 5.95 Å². The summed E-state index contributed by atoms with van der Waals surface area (Å²) in [5.41, 5.74) is 6.06. The van der Waals surface area contributed by atoms with Crippen molar-refractivity contribution in [1.82, 2.24) is 14.9 Å². The Balaban J connectivity index is 1.98. The van der Waals surface area contributed by atoms with Gasteiger partial charge in [-0.05, 0) is 20.8 Å². The average Bonchev–Trinajstić information content (AvgIpc) is 2.31. The van der Waals surface area contributed by atoms with E-state index in [0.29, 0.717) is 12.5 Å². The molecule has 0 unspecified atom stereocenters. The summed E-state index contributed by atoms with van der Waals surface area (Å²) in [6, 6.07) is 0. The van der Waals surface area contributed by atoms with Gasteiger partial charge < -0.3 is 15.7 Å². The van der Waals surface area contributed by atoms with Gasteiger partial charge in [0.05, 0.1) is 5.60 Å². The summed E-state index contributed by atoms with van der Waals surface area (Å²) in [5.74, 6) is 1.25. The maximum Gasteiger partial charge on any atom is 0.221 e. The van der Waals surface area contributed by atoms with E-state index in [1.165, 1.54) is 0 Å². The van der Waals surface area contributed by atoms with Crippen LogP contribution in [-0.2, 0) is 0 Å². The Morgan fingerprint density at radius 3 is 2.53 bits per heavy atom. The molecule has 1 fully saturated rings. The van der Waals surface area contributed by atoms with Crippen LogP contribution in [0.1, 0.15) is 19.4 Å². The van der Waals surface area contributed by atoms with E-state index in [1.54, 1.807) is 6.20 Å². The molecule has 0 aromatic carbocycles. The van der Waals surface area contributed by atoms with E-state index in [9.17, 15) is 5.11 Å². The first-order chi connectivity index (χ1) is 8.85. The van der Waals surface area contributed by atoms with Crippen LogP contribution in [0, 0.1) is 6.92 Å². The van der Waals surface area contributed by atoms with E-state index >= 15 is 0 Å². The molecule has 2 rings (SSSR count). The van der Waals surface area contributed by atoms with Gasteiger partial charge >= 0.3 is 0 Å². The highest BCUT2D eigenvalue weighted by atomic mass is 16.3. The van der Waals surface area contributed by atoms with Crippen LogP contribution < -0.4 is 10.6 Å². The number of piperazine rings is 1. The van der Waals surface area contributed by atoms with Gasteiger partial charge in [-0.15, -0.1) is 0 Å². The average molecular weight is 265 g/mol. The molecule has 0 atom stereocenters. The minimum absolute atomic E-state index is 0.319. The van der Waals surface area contributed by atoms with Crippen LogP contribution in [0.4, 0.5) is 11.8 Å². The number of anilines is 2. The van der Waals surface area contributed by atoms with Gasteiger partial charge in [0, 0.05) is 44.5 Å². The van der Waals surface area contributed by atoms with Gasteiger partial charge in [-0.1, -0.05) is 0 Å². The summed E-state index contributed by atoms with van der Waals surface area (Å²) in [6.45, 7) is 10.0. The second kappa shape index (κ2) is 5.30. The van der Waals surface area contributed by atoms with E-state index in [4.69, 9.17) is 5.73 Å². The van der Waals surface area contributed by atoms with Crippen molar-refractivity contribution in [3.05, 3.63) is 11.8 Å². The zero-order valence-electron chi connectivity index (χ0n) is 11.9. The first-order valence-corrected chi connectivity index (χ1v) is 6.64. The number of nitrogen functional groups attached to an aromatic ring is 1. The third-order valence-electron chi connectivity index (χ3n) is 3.25. The van der Waals surface area contributed by atoms with E-state index in [0.717, 1.165) is 37.6 Å². The molecule has 6 heteroatoms. The Morgan fingerprint density at radius 1 is 1.32 bits per heavy atom. The summed E-state index contributed by atoms with van der Waals surface area (Å²) < 4.78 is 0. The lowest BCUT2D eigenvalue weighted by atomic mass is 10.1. The van der Waals surface area contributed by atoms with Gasteiger partial charge in [0.1, 0.15) is 5.82 Å². The van der Waals surface area contributed by atoms with Crippen LogP contribution in [0.3, 0.4) is 0 Å². The monoisotopic (exact) mass is 265 g/mol. The predicted molar refractivity (Wildman–Crippen MR) is 76.1 cm³/mol. The summed E-state index contributed by atoms with van der Waals surface area (Å²) >= 11 is 0. The maximum absolute atomic E-state index is 9.84. The zero-order chi connectivity index (χ0) is 14.0. The van der Waals surface area contributed by atoms with Crippen molar-refractivity contribution in [3.63, 3.8) is 0 Å². The highest BCUT2D eigenvalue weighted by Crippen LogP contribution is 2.19. The van der Waals surface area contributed by atoms with Crippen LogP contribution >= 0.6 is 0 Å². The molecule has 0 saturated carbocycles. The smallest absolute Gasteiger partial charge is 0.221 e. The molecule has 6 nitrogen and oxygen atoms in total. The largest absolute Gasteiger partial charge is 0.389 e. The van der Waals surface area contributed by atoms with Gasteiger partial charge in [-0.25, -0.2) is 4.98 Å². The molecule has 106 valence electrons. The number of aromatic nitrogens is 2. The van der Waals surface area contributed by atoms with E-state index in [-0.39, 0.29) is 0 Å². The molecule has 19 heavy (non-hydrogen) atoms. The molecule has 0 aliphatic carbocycles. The van der Waals surface area contributed by atoms with Crippen LogP contribution in [0.5, 0.6) is 0 Å². The Morgan fingerprint density at radius 2 is 1.95 bits per heavy atom. The number of hydrogen-bond acceptors (Lipinski definition) is 6. The molecule has 1 aliphatic rings. The fourth-order valence-corrected chi connectivity index (χ4v) is 2.43. The number of β-amino-alcohol motifs (C(OH)–C–C–N with tert-alkyl or cyclic N) is 1. The first-order valence-electron chi connectivity index (χ1n) is 6.64. The van der Waals surface area contributed by atoms with Gasteiger partial charge in [-0.3, -0.25) is 4.90 Å². The predicted octanol–water partition coefficient (Wildman–Crippen LogP) is 0.260. The number of hydrogen-bond donors (Lipinski definition) is 2. The summed E-state index contributed by atoms with van der Waals surface area (Å²) in [4.78, 5) is 12.8. The SMILES string of the molecule is Cc1cnc(N)nc1N1CCN(CC(C)(C)O)CC1. The second-order valence-electron chi connectivity index (χ2n) is 5.81. The quantitative estimate of drug-likeness (QED) is 0.816. The standard InChI is InChI=1S/C13H23N5O/c1-10-8-15-12(14)16-11(10)18-6-4-17(5-7-18)9-13(2,3)19/h8,19H,4-7,9H2,1-3H3,(H2,14,15,16). The number of nitrogens with two attached hydrogens (primary N) is 1. The molecule has 0 bridgehead atoms. The Bertz CT molecular complexity index is 435. The Kier molecular flexibility index (Phi) is 3.91. The number of aliphatic hydroxyl groups is 1. The highest BCUT2D eigenvalue weighted by molar-refractivity contribution is 5.48.